The van der Waals surface area contributed by atoms with Gasteiger partial charge in [0.1, 0.15) is 0 Å². The Labute approximate surface area is 109 Å². The zero-order chi connectivity index (χ0) is 13.5. The largest absolute Gasteiger partial charge is 0.461 e. The van der Waals surface area contributed by atoms with E-state index in [-0.39, 0.29) is 12.0 Å². The van der Waals surface area contributed by atoms with E-state index in [9.17, 15) is 4.79 Å². The number of nitrogens with zero attached hydrogens (tertiary/aromatic N) is 3. The molecule has 0 fully saturated rings. The van der Waals surface area contributed by atoms with Crippen molar-refractivity contribution >= 4 is 5.97 Å². The molecule has 1 atom stereocenters. The van der Waals surface area contributed by atoms with Gasteiger partial charge in [-0.05, 0) is 26.7 Å². The average molecular weight is 253 g/mol. The first kappa shape index (κ1) is 14.7. The SMILES string of the molecule is CCCc1c(C(=O)OCC)nnn1C(C)CCC. The van der Waals surface area contributed by atoms with Crippen molar-refractivity contribution in [3.8, 4) is 0 Å². The fourth-order valence-corrected chi connectivity index (χ4v) is 2.04. The Morgan fingerprint density at radius 1 is 1.33 bits per heavy atom. The van der Waals surface area contributed by atoms with Crippen LogP contribution in [0.4, 0.5) is 0 Å². The predicted molar refractivity (Wildman–Crippen MR) is 69.6 cm³/mol. The second kappa shape index (κ2) is 7.13. The van der Waals surface area contributed by atoms with Crippen molar-refractivity contribution in [3.63, 3.8) is 0 Å². The molecule has 0 radical (unpaired) electrons. The monoisotopic (exact) mass is 253 g/mol. The average Bonchev–Trinajstić information content (AvgIpc) is 2.74. The summed E-state index contributed by atoms with van der Waals surface area (Å²) in [6.07, 6.45) is 3.87. The maximum absolute atomic E-state index is 11.8. The van der Waals surface area contributed by atoms with E-state index < -0.39 is 0 Å². The minimum absolute atomic E-state index is 0.271. The maximum atomic E-state index is 11.8. The number of ether oxygens (including phenoxy) is 1. The van der Waals surface area contributed by atoms with Gasteiger partial charge in [0.2, 0.25) is 0 Å². The summed E-state index contributed by atoms with van der Waals surface area (Å²) in [7, 11) is 0. The number of aromatic nitrogens is 3. The fourth-order valence-electron chi connectivity index (χ4n) is 2.04. The normalized spacial score (nSPS) is 12.4. The van der Waals surface area contributed by atoms with Gasteiger partial charge in [0.15, 0.2) is 5.69 Å². The Balaban J connectivity index is 3.01. The third kappa shape index (κ3) is 3.31. The predicted octanol–water partition coefficient (Wildman–Crippen LogP) is 2.77. The highest BCUT2D eigenvalue weighted by Gasteiger charge is 2.22. The lowest BCUT2D eigenvalue weighted by molar-refractivity contribution is 0.0518. The number of carbonyl (C=O) groups is 1. The van der Waals surface area contributed by atoms with Crippen molar-refractivity contribution in [3.05, 3.63) is 11.4 Å². The van der Waals surface area contributed by atoms with E-state index in [1.807, 2.05) is 4.68 Å². The second-order valence-corrected chi connectivity index (χ2v) is 4.44. The van der Waals surface area contributed by atoms with Crippen molar-refractivity contribution in [2.24, 2.45) is 0 Å². The Kier molecular flexibility index (Phi) is 5.82. The summed E-state index contributed by atoms with van der Waals surface area (Å²) in [5.74, 6) is -0.365. The van der Waals surface area contributed by atoms with Gasteiger partial charge >= 0.3 is 5.97 Å². The molecule has 1 unspecified atom stereocenters. The first-order chi connectivity index (χ1) is 8.65. The summed E-state index contributed by atoms with van der Waals surface area (Å²) < 4.78 is 6.89. The summed E-state index contributed by atoms with van der Waals surface area (Å²) >= 11 is 0. The molecule has 0 spiro atoms. The Bertz CT molecular complexity index is 388. The Morgan fingerprint density at radius 2 is 2.06 bits per heavy atom. The van der Waals surface area contributed by atoms with Crippen LogP contribution in [-0.2, 0) is 11.2 Å². The van der Waals surface area contributed by atoms with Crippen LogP contribution in [0.2, 0.25) is 0 Å². The summed E-state index contributed by atoms with van der Waals surface area (Å²) in [5.41, 5.74) is 1.28. The summed E-state index contributed by atoms with van der Waals surface area (Å²) in [4.78, 5) is 11.8. The Morgan fingerprint density at radius 3 is 2.61 bits per heavy atom. The minimum atomic E-state index is -0.365. The van der Waals surface area contributed by atoms with E-state index in [1.165, 1.54) is 0 Å². The van der Waals surface area contributed by atoms with E-state index in [0.29, 0.717) is 12.3 Å². The molecule has 5 heteroatoms. The van der Waals surface area contributed by atoms with Crippen LogP contribution in [0.15, 0.2) is 0 Å². The van der Waals surface area contributed by atoms with Crippen molar-refractivity contribution in [1.82, 2.24) is 15.0 Å². The number of hydrogen-bond donors (Lipinski definition) is 0. The molecule has 1 aromatic rings. The standard InChI is InChI=1S/C13H23N3O2/c1-5-8-10(4)16-11(9-6-2)12(14-15-16)13(17)18-7-3/h10H,5-9H2,1-4H3. The molecule has 0 saturated carbocycles. The minimum Gasteiger partial charge on any atom is -0.461 e. The van der Waals surface area contributed by atoms with Gasteiger partial charge in [-0.3, -0.25) is 0 Å². The van der Waals surface area contributed by atoms with Crippen LogP contribution in [0.3, 0.4) is 0 Å². The molecule has 0 aromatic carbocycles. The molecule has 1 heterocycles. The molecule has 0 bridgehead atoms. The molecule has 0 aliphatic rings. The third-order valence-electron chi connectivity index (χ3n) is 2.87. The molecule has 5 nitrogen and oxygen atoms in total. The van der Waals surface area contributed by atoms with Crippen molar-refractivity contribution in [2.45, 2.75) is 59.4 Å². The molecule has 18 heavy (non-hydrogen) atoms. The summed E-state index contributed by atoms with van der Waals surface area (Å²) in [6, 6.07) is 0.271. The zero-order valence-corrected chi connectivity index (χ0v) is 11.8. The van der Waals surface area contributed by atoms with Gasteiger partial charge in [-0.1, -0.05) is 31.9 Å². The van der Waals surface area contributed by atoms with Crippen LogP contribution in [0.5, 0.6) is 0 Å². The molecular formula is C13H23N3O2. The number of carbonyl (C=O) groups excluding carboxylic acids is 1. The highest BCUT2D eigenvalue weighted by Crippen LogP contribution is 2.18. The van der Waals surface area contributed by atoms with Crippen LogP contribution in [-0.4, -0.2) is 27.6 Å². The Hall–Kier alpha value is -1.39. The maximum Gasteiger partial charge on any atom is 0.360 e. The molecule has 0 aliphatic heterocycles. The van der Waals surface area contributed by atoms with E-state index >= 15 is 0 Å². The molecule has 1 rings (SSSR count). The quantitative estimate of drug-likeness (QED) is 0.701. The molecule has 0 saturated heterocycles. The van der Waals surface area contributed by atoms with E-state index in [1.54, 1.807) is 6.92 Å². The lowest BCUT2D eigenvalue weighted by atomic mass is 10.1. The van der Waals surface area contributed by atoms with Crippen LogP contribution in [0.1, 0.15) is 69.2 Å². The molecule has 102 valence electrons. The highest BCUT2D eigenvalue weighted by atomic mass is 16.5. The van der Waals surface area contributed by atoms with Gasteiger partial charge in [0, 0.05) is 0 Å². The van der Waals surface area contributed by atoms with Crippen molar-refractivity contribution in [2.75, 3.05) is 6.61 Å². The van der Waals surface area contributed by atoms with Crippen LogP contribution >= 0.6 is 0 Å². The molecule has 0 amide bonds. The number of esters is 1. The third-order valence-corrected chi connectivity index (χ3v) is 2.87. The first-order valence-electron chi connectivity index (χ1n) is 6.76. The first-order valence-corrected chi connectivity index (χ1v) is 6.76. The van der Waals surface area contributed by atoms with Crippen LogP contribution < -0.4 is 0 Å². The molecule has 0 N–H and O–H groups in total. The second-order valence-electron chi connectivity index (χ2n) is 4.44. The van der Waals surface area contributed by atoms with E-state index in [2.05, 4.69) is 31.1 Å². The summed E-state index contributed by atoms with van der Waals surface area (Å²) in [5, 5.41) is 8.12. The van der Waals surface area contributed by atoms with E-state index in [4.69, 9.17) is 4.74 Å². The lowest BCUT2D eigenvalue weighted by Gasteiger charge is -2.13. The van der Waals surface area contributed by atoms with Gasteiger partial charge < -0.3 is 4.74 Å². The molecule has 0 aliphatic carbocycles. The molecule has 1 aromatic heterocycles. The fraction of sp³-hybridized carbons (Fsp3) is 0.769. The number of hydrogen-bond acceptors (Lipinski definition) is 4. The van der Waals surface area contributed by atoms with Gasteiger partial charge in [-0.2, -0.15) is 0 Å². The molecular weight excluding hydrogens is 230 g/mol. The van der Waals surface area contributed by atoms with Gasteiger partial charge in [0.25, 0.3) is 0 Å². The summed E-state index contributed by atoms with van der Waals surface area (Å²) in [6.45, 7) is 8.48. The van der Waals surface area contributed by atoms with Gasteiger partial charge in [-0.25, -0.2) is 9.48 Å². The number of rotatable bonds is 7. The zero-order valence-electron chi connectivity index (χ0n) is 11.8. The van der Waals surface area contributed by atoms with E-state index in [0.717, 1.165) is 31.4 Å². The van der Waals surface area contributed by atoms with Gasteiger partial charge in [-0.15, -0.1) is 5.10 Å². The van der Waals surface area contributed by atoms with Crippen LogP contribution in [0.25, 0.3) is 0 Å². The topological polar surface area (TPSA) is 57.0 Å². The van der Waals surface area contributed by atoms with Crippen LogP contribution in [0, 0.1) is 0 Å². The highest BCUT2D eigenvalue weighted by molar-refractivity contribution is 5.88. The smallest absolute Gasteiger partial charge is 0.360 e. The lowest BCUT2D eigenvalue weighted by Crippen LogP contribution is -2.13. The van der Waals surface area contributed by atoms with Crippen molar-refractivity contribution < 1.29 is 9.53 Å². The van der Waals surface area contributed by atoms with Crippen molar-refractivity contribution in [1.29, 1.82) is 0 Å². The van der Waals surface area contributed by atoms with Gasteiger partial charge in [0.05, 0.1) is 18.3 Å².